The van der Waals surface area contributed by atoms with Crippen molar-refractivity contribution in [3.8, 4) is 0 Å². The van der Waals surface area contributed by atoms with Gasteiger partial charge in [0.2, 0.25) is 5.91 Å². The molecule has 1 saturated heterocycles. The fourth-order valence-electron chi connectivity index (χ4n) is 3.01. The van der Waals surface area contributed by atoms with E-state index in [1.807, 2.05) is 11.4 Å². The maximum absolute atomic E-state index is 13.2. The minimum Gasteiger partial charge on any atom is -0.376 e. The molecule has 0 unspecified atom stereocenters. The molecule has 30 heavy (non-hydrogen) atoms. The molecule has 3 heterocycles. The van der Waals surface area contributed by atoms with E-state index in [1.165, 1.54) is 18.3 Å². The largest absolute Gasteiger partial charge is 0.416 e. The minimum atomic E-state index is -4.65. The first kappa shape index (κ1) is 19.8. The lowest BCUT2D eigenvalue weighted by Crippen LogP contribution is -2.70. The Bertz CT molecular complexity index is 1110. The highest BCUT2D eigenvalue weighted by atomic mass is 19.4. The van der Waals surface area contributed by atoms with Crippen molar-refractivity contribution in [1.29, 1.82) is 0 Å². The summed E-state index contributed by atoms with van der Waals surface area (Å²) in [6.07, 6.45) is -1.68. The first-order valence-electron chi connectivity index (χ1n) is 8.91. The monoisotopic (exact) mass is 419 g/mol. The van der Waals surface area contributed by atoms with E-state index in [-0.39, 0.29) is 23.7 Å². The van der Waals surface area contributed by atoms with Crippen LogP contribution in [0.4, 0.5) is 18.9 Å². The third kappa shape index (κ3) is 3.83. The average Bonchev–Trinajstić information content (AvgIpc) is 3.11. The van der Waals surface area contributed by atoms with Crippen LogP contribution in [0, 0.1) is 0 Å². The van der Waals surface area contributed by atoms with Crippen molar-refractivity contribution in [2.75, 3.05) is 18.5 Å². The average molecular weight is 419 g/mol. The van der Waals surface area contributed by atoms with Gasteiger partial charge in [-0.2, -0.15) is 18.3 Å². The SMILES string of the molecule is O=C(Cc1ccc2cn[nH]c2c1)Nc1ccnc(C(=O)NC2(C(F)(F)F)COC2)c1. The van der Waals surface area contributed by atoms with E-state index in [9.17, 15) is 22.8 Å². The van der Waals surface area contributed by atoms with E-state index in [0.29, 0.717) is 0 Å². The number of aromatic nitrogens is 3. The number of H-pyrrole nitrogens is 1. The number of amides is 2. The van der Waals surface area contributed by atoms with Gasteiger partial charge in [0.25, 0.3) is 5.91 Å². The quantitative estimate of drug-likeness (QED) is 0.588. The molecule has 4 rings (SSSR count). The molecule has 0 saturated carbocycles. The van der Waals surface area contributed by atoms with Gasteiger partial charge in [-0.1, -0.05) is 12.1 Å². The van der Waals surface area contributed by atoms with Gasteiger partial charge in [0.15, 0.2) is 5.54 Å². The molecule has 1 aromatic carbocycles. The molecule has 1 aliphatic rings. The van der Waals surface area contributed by atoms with Crippen molar-refractivity contribution in [2.24, 2.45) is 0 Å². The molecule has 0 aliphatic carbocycles. The number of hydrogen-bond donors (Lipinski definition) is 3. The summed E-state index contributed by atoms with van der Waals surface area (Å²) in [5.74, 6) is -1.36. The number of halogens is 3. The number of rotatable bonds is 5. The summed E-state index contributed by atoms with van der Waals surface area (Å²) >= 11 is 0. The number of nitrogens with one attached hydrogen (secondary N) is 3. The Morgan fingerprint density at radius 1 is 1.20 bits per heavy atom. The van der Waals surface area contributed by atoms with Crippen LogP contribution in [0.1, 0.15) is 16.1 Å². The number of fused-ring (bicyclic) bond motifs is 1. The Hall–Kier alpha value is -3.47. The summed E-state index contributed by atoms with van der Waals surface area (Å²) in [4.78, 5) is 28.4. The summed E-state index contributed by atoms with van der Waals surface area (Å²) in [6, 6.07) is 8.08. The molecule has 0 atom stereocenters. The molecule has 0 bridgehead atoms. The molecule has 3 N–H and O–H groups in total. The molecule has 0 spiro atoms. The Balaban J connectivity index is 1.42. The van der Waals surface area contributed by atoms with Crippen LogP contribution >= 0.6 is 0 Å². The number of carbonyl (C=O) groups is 2. The zero-order chi connectivity index (χ0) is 21.4. The maximum atomic E-state index is 13.2. The lowest BCUT2D eigenvalue weighted by molar-refractivity contribution is -0.263. The fourth-order valence-corrected chi connectivity index (χ4v) is 3.01. The number of aromatic amines is 1. The van der Waals surface area contributed by atoms with Crippen LogP contribution in [-0.4, -0.2) is 51.9 Å². The molecule has 156 valence electrons. The van der Waals surface area contributed by atoms with Gasteiger partial charge in [0.05, 0.1) is 31.3 Å². The molecular formula is C19H16F3N5O3. The Morgan fingerprint density at radius 3 is 2.70 bits per heavy atom. The van der Waals surface area contributed by atoms with Crippen molar-refractivity contribution in [3.05, 3.63) is 54.0 Å². The Morgan fingerprint density at radius 2 is 2.00 bits per heavy atom. The number of ether oxygens (including phenoxy) is 1. The molecule has 8 nitrogen and oxygen atoms in total. The fraction of sp³-hybridized carbons (Fsp3) is 0.263. The third-order valence-electron chi connectivity index (χ3n) is 4.74. The van der Waals surface area contributed by atoms with Crippen molar-refractivity contribution < 1.29 is 27.5 Å². The number of anilines is 1. The second kappa shape index (κ2) is 7.41. The van der Waals surface area contributed by atoms with E-state index in [1.54, 1.807) is 18.3 Å². The van der Waals surface area contributed by atoms with Gasteiger partial charge in [-0.25, -0.2) is 0 Å². The zero-order valence-electron chi connectivity index (χ0n) is 15.4. The van der Waals surface area contributed by atoms with Crippen molar-refractivity contribution in [2.45, 2.75) is 18.1 Å². The molecule has 2 amide bonds. The zero-order valence-corrected chi connectivity index (χ0v) is 15.4. The predicted octanol–water partition coefficient (Wildman–Crippen LogP) is 2.20. The molecule has 3 aromatic rings. The van der Waals surface area contributed by atoms with Gasteiger partial charge in [-0.15, -0.1) is 0 Å². The first-order valence-corrected chi connectivity index (χ1v) is 8.91. The molecule has 1 fully saturated rings. The number of hydrogen-bond acceptors (Lipinski definition) is 5. The topological polar surface area (TPSA) is 109 Å². The van der Waals surface area contributed by atoms with E-state index < -0.39 is 30.8 Å². The predicted molar refractivity (Wildman–Crippen MR) is 99.7 cm³/mol. The number of nitrogens with zero attached hydrogens (tertiary/aromatic N) is 2. The van der Waals surface area contributed by atoms with Crippen molar-refractivity contribution in [3.63, 3.8) is 0 Å². The van der Waals surface area contributed by atoms with Gasteiger partial charge in [0, 0.05) is 17.3 Å². The summed E-state index contributed by atoms with van der Waals surface area (Å²) in [5, 5.41) is 12.2. The smallest absolute Gasteiger partial charge is 0.376 e. The highest BCUT2D eigenvalue weighted by molar-refractivity contribution is 5.96. The Kier molecular flexibility index (Phi) is 4.90. The minimum absolute atomic E-state index is 0.0628. The van der Waals surface area contributed by atoms with Crippen LogP contribution in [-0.2, 0) is 16.0 Å². The van der Waals surface area contributed by atoms with Gasteiger partial charge in [-0.3, -0.25) is 19.7 Å². The van der Waals surface area contributed by atoms with Crippen LogP contribution in [0.15, 0.2) is 42.7 Å². The van der Waals surface area contributed by atoms with Gasteiger partial charge in [-0.05, 0) is 23.8 Å². The normalized spacial score (nSPS) is 15.4. The van der Waals surface area contributed by atoms with Crippen LogP contribution in [0.2, 0.25) is 0 Å². The van der Waals surface area contributed by atoms with E-state index in [2.05, 4.69) is 25.2 Å². The highest BCUT2D eigenvalue weighted by Gasteiger charge is 2.61. The number of carbonyl (C=O) groups excluding carboxylic acids is 2. The van der Waals surface area contributed by atoms with E-state index in [0.717, 1.165) is 16.5 Å². The Labute approximate surface area is 167 Å². The summed E-state index contributed by atoms with van der Waals surface area (Å²) < 4.78 is 44.2. The summed E-state index contributed by atoms with van der Waals surface area (Å²) in [7, 11) is 0. The summed E-state index contributed by atoms with van der Waals surface area (Å²) in [6.45, 7) is -1.31. The maximum Gasteiger partial charge on any atom is 0.416 e. The number of benzene rings is 1. The molecule has 1 aliphatic heterocycles. The number of pyridine rings is 1. The lowest BCUT2D eigenvalue weighted by atomic mass is 9.96. The van der Waals surface area contributed by atoms with Gasteiger partial charge in [0.1, 0.15) is 5.69 Å². The molecule has 2 aromatic heterocycles. The first-order chi connectivity index (χ1) is 14.3. The number of alkyl halides is 3. The summed E-state index contributed by atoms with van der Waals surface area (Å²) in [5.41, 5.74) is -0.887. The lowest BCUT2D eigenvalue weighted by Gasteiger charge is -2.42. The van der Waals surface area contributed by atoms with Crippen LogP contribution in [0.5, 0.6) is 0 Å². The van der Waals surface area contributed by atoms with E-state index >= 15 is 0 Å². The second-order valence-corrected chi connectivity index (χ2v) is 6.97. The van der Waals surface area contributed by atoms with Gasteiger partial charge >= 0.3 is 6.18 Å². The second-order valence-electron chi connectivity index (χ2n) is 6.97. The van der Waals surface area contributed by atoms with Crippen molar-refractivity contribution >= 4 is 28.4 Å². The van der Waals surface area contributed by atoms with Crippen LogP contribution < -0.4 is 10.6 Å². The standard InChI is InChI=1S/C19H16F3N5O3/c20-19(21,22)18(9-30-10-18)26-17(29)15-7-13(3-4-23-15)25-16(28)6-11-1-2-12-8-24-27-14(12)5-11/h1-5,7-8H,6,9-10H2,(H,24,27)(H,26,29)(H,23,25,28). The highest BCUT2D eigenvalue weighted by Crippen LogP contribution is 2.36. The van der Waals surface area contributed by atoms with Gasteiger partial charge < -0.3 is 15.4 Å². The molecular weight excluding hydrogens is 403 g/mol. The van der Waals surface area contributed by atoms with Crippen LogP contribution in [0.25, 0.3) is 10.9 Å². The van der Waals surface area contributed by atoms with E-state index in [4.69, 9.17) is 0 Å². The third-order valence-corrected chi connectivity index (χ3v) is 4.74. The van der Waals surface area contributed by atoms with Crippen molar-refractivity contribution in [1.82, 2.24) is 20.5 Å². The molecule has 11 heteroatoms. The van der Waals surface area contributed by atoms with Crippen LogP contribution in [0.3, 0.4) is 0 Å². The molecule has 0 radical (unpaired) electrons.